The third kappa shape index (κ3) is 3.27. The van der Waals surface area contributed by atoms with E-state index in [4.69, 9.17) is 17.3 Å². The predicted octanol–water partition coefficient (Wildman–Crippen LogP) is 3.83. The lowest BCUT2D eigenvalue weighted by Gasteiger charge is -2.34. The molecule has 0 saturated heterocycles. The summed E-state index contributed by atoms with van der Waals surface area (Å²) in [6.07, 6.45) is 4.12. The maximum atomic E-state index is 6.03. The van der Waals surface area contributed by atoms with Gasteiger partial charge in [-0.25, -0.2) is 0 Å². The number of hydrogen-bond acceptors (Lipinski definition) is 2. The fourth-order valence-electron chi connectivity index (χ4n) is 2.50. The fourth-order valence-corrected chi connectivity index (χ4v) is 3.01. The molecule has 0 aliphatic heterocycles. The minimum absolute atomic E-state index is 0.277. The second-order valence-electron chi connectivity index (χ2n) is 5.16. The highest BCUT2D eigenvalue weighted by Gasteiger charge is 2.23. The van der Waals surface area contributed by atoms with E-state index in [-0.39, 0.29) is 6.04 Å². The Morgan fingerprint density at radius 2 is 2.22 bits per heavy atom. The molecule has 4 heteroatoms. The predicted molar refractivity (Wildman–Crippen MR) is 80.9 cm³/mol. The van der Waals surface area contributed by atoms with Crippen molar-refractivity contribution in [1.82, 2.24) is 4.90 Å². The van der Waals surface area contributed by atoms with Crippen molar-refractivity contribution in [3.05, 3.63) is 33.3 Å². The third-order valence-corrected chi connectivity index (χ3v) is 5.07. The monoisotopic (exact) mass is 330 g/mol. The molecule has 0 aromatic heterocycles. The molecular formula is C14H20BrClN2. The fraction of sp³-hybridized carbons (Fsp3) is 0.571. The van der Waals surface area contributed by atoms with Crippen molar-refractivity contribution in [1.29, 1.82) is 0 Å². The number of halogens is 2. The van der Waals surface area contributed by atoms with Crippen molar-refractivity contribution in [3.8, 4) is 0 Å². The SMILES string of the molecule is CN(CC1CCC1)C(CN)c1ccc(Cl)c(Br)c1. The van der Waals surface area contributed by atoms with Gasteiger partial charge in [-0.2, -0.15) is 0 Å². The summed E-state index contributed by atoms with van der Waals surface area (Å²) in [6, 6.07) is 6.36. The van der Waals surface area contributed by atoms with Gasteiger partial charge in [0.25, 0.3) is 0 Å². The quantitative estimate of drug-likeness (QED) is 0.888. The van der Waals surface area contributed by atoms with Crippen LogP contribution in [0.1, 0.15) is 30.9 Å². The van der Waals surface area contributed by atoms with E-state index >= 15 is 0 Å². The molecule has 1 aliphatic rings. The summed E-state index contributed by atoms with van der Waals surface area (Å²) < 4.78 is 0.942. The molecule has 0 spiro atoms. The Hall–Kier alpha value is -0.0900. The molecule has 100 valence electrons. The van der Waals surface area contributed by atoms with Gasteiger partial charge in [-0.05, 0) is 59.4 Å². The molecule has 1 fully saturated rings. The molecule has 1 aliphatic carbocycles. The van der Waals surface area contributed by atoms with Crippen LogP contribution in [0.4, 0.5) is 0 Å². The van der Waals surface area contributed by atoms with Crippen LogP contribution in [0.5, 0.6) is 0 Å². The molecule has 1 unspecified atom stereocenters. The molecule has 2 rings (SSSR count). The number of hydrogen-bond donors (Lipinski definition) is 1. The van der Waals surface area contributed by atoms with Gasteiger partial charge in [0, 0.05) is 23.6 Å². The van der Waals surface area contributed by atoms with Crippen LogP contribution in [0.2, 0.25) is 5.02 Å². The zero-order valence-corrected chi connectivity index (χ0v) is 13.0. The molecule has 0 radical (unpaired) electrons. The van der Waals surface area contributed by atoms with Crippen molar-refractivity contribution < 1.29 is 0 Å². The Labute approximate surface area is 123 Å². The maximum absolute atomic E-state index is 6.03. The zero-order valence-electron chi connectivity index (χ0n) is 10.7. The summed E-state index contributed by atoms with van der Waals surface area (Å²) in [7, 11) is 2.17. The number of likely N-dealkylation sites (N-methyl/N-ethyl adjacent to an activating group) is 1. The number of nitrogens with zero attached hydrogens (tertiary/aromatic N) is 1. The molecule has 2 nitrogen and oxygen atoms in total. The molecule has 1 aromatic carbocycles. The second kappa shape index (κ2) is 6.38. The highest BCUT2D eigenvalue weighted by molar-refractivity contribution is 9.10. The van der Waals surface area contributed by atoms with E-state index in [9.17, 15) is 0 Å². The van der Waals surface area contributed by atoms with Crippen LogP contribution in [-0.4, -0.2) is 25.0 Å². The van der Waals surface area contributed by atoms with Gasteiger partial charge in [0.05, 0.1) is 5.02 Å². The van der Waals surface area contributed by atoms with E-state index in [1.807, 2.05) is 6.07 Å². The van der Waals surface area contributed by atoms with Gasteiger partial charge in [0.1, 0.15) is 0 Å². The Morgan fingerprint density at radius 3 is 2.72 bits per heavy atom. The highest BCUT2D eigenvalue weighted by Crippen LogP contribution is 2.31. The summed E-state index contributed by atoms with van der Waals surface area (Å²) in [4.78, 5) is 2.37. The van der Waals surface area contributed by atoms with Crippen LogP contribution in [-0.2, 0) is 0 Å². The van der Waals surface area contributed by atoms with Crippen molar-refractivity contribution in [2.24, 2.45) is 11.7 Å². The van der Waals surface area contributed by atoms with E-state index in [2.05, 4.69) is 40.0 Å². The normalized spacial score (nSPS) is 17.8. The van der Waals surface area contributed by atoms with Gasteiger partial charge in [0.2, 0.25) is 0 Å². The minimum Gasteiger partial charge on any atom is -0.329 e. The molecule has 1 aromatic rings. The van der Waals surface area contributed by atoms with E-state index < -0.39 is 0 Å². The number of rotatable bonds is 5. The maximum Gasteiger partial charge on any atom is 0.0548 e. The molecule has 0 amide bonds. The van der Waals surface area contributed by atoms with Crippen LogP contribution in [0.15, 0.2) is 22.7 Å². The molecule has 0 bridgehead atoms. The third-order valence-electron chi connectivity index (χ3n) is 3.85. The van der Waals surface area contributed by atoms with Crippen molar-refractivity contribution >= 4 is 27.5 Å². The Morgan fingerprint density at radius 1 is 1.50 bits per heavy atom. The topological polar surface area (TPSA) is 29.3 Å². The Balaban J connectivity index is 2.08. The average molecular weight is 332 g/mol. The largest absolute Gasteiger partial charge is 0.329 e. The van der Waals surface area contributed by atoms with Gasteiger partial charge < -0.3 is 5.73 Å². The summed E-state index contributed by atoms with van der Waals surface area (Å²) in [5, 5.41) is 0.746. The van der Waals surface area contributed by atoms with Crippen LogP contribution >= 0.6 is 27.5 Å². The van der Waals surface area contributed by atoms with Crippen LogP contribution < -0.4 is 5.73 Å². The summed E-state index contributed by atoms with van der Waals surface area (Å²) in [6.45, 7) is 1.78. The molecule has 1 atom stereocenters. The number of nitrogens with two attached hydrogens (primary N) is 1. The van der Waals surface area contributed by atoms with Gasteiger partial charge in [-0.15, -0.1) is 0 Å². The summed E-state index contributed by atoms with van der Waals surface area (Å²) in [5.74, 6) is 0.861. The first-order chi connectivity index (χ1) is 8.61. The van der Waals surface area contributed by atoms with Crippen molar-refractivity contribution in [2.75, 3.05) is 20.1 Å². The van der Waals surface area contributed by atoms with E-state index in [0.717, 1.165) is 22.0 Å². The lowest BCUT2D eigenvalue weighted by Crippen LogP contribution is -2.36. The lowest BCUT2D eigenvalue weighted by atomic mass is 9.85. The molecule has 18 heavy (non-hydrogen) atoms. The molecule has 1 saturated carbocycles. The molecule has 0 heterocycles. The second-order valence-corrected chi connectivity index (χ2v) is 6.42. The standard InChI is InChI=1S/C14H20BrClN2/c1-18(9-10-3-2-4-10)14(8-17)11-5-6-13(16)12(15)7-11/h5-7,10,14H,2-4,8-9,17H2,1H3. The smallest absolute Gasteiger partial charge is 0.0548 e. The van der Waals surface area contributed by atoms with E-state index in [0.29, 0.717) is 6.54 Å². The molecular weight excluding hydrogens is 312 g/mol. The van der Waals surface area contributed by atoms with E-state index in [1.165, 1.54) is 24.8 Å². The first-order valence-electron chi connectivity index (χ1n) is 6.47. The first kappa shape index (κ1) is 14.3. The summed E-state index contributed by atoms with van der Waals surface area (Å²) >= 11 is 9.51. The Kier molecular flexibility index (Phi) is 5.07. The van der Waals surface area contributed by atoms with Gasteiger partial charge in [-0.3, -0.25) is 4.90 Å². The van der Waals surface area contributed by atoms with Gasteiger partial charge >= 0.3 is 0 Å². The Bertz CT molecular complexity index is 407. The van der Waals surface area contributed by atoms with Gasteiger partial charge in [-0.1, -0.05) is 24.1 Å². The lowest BCUT2D eigenvalue weighted by molar-refractivity contribution is 0.165. The van der Waals surface area contributed by atoms with Crippen LogP contribution in [0, 0.1) is 5.92 Å². The van der Waals surface area contributed by atoms with Crippen molar-refractivity contribution in [2.45, 2.75) is 25.3 Å². The van der Waals surface area contributed by atoms with Gasteiger partial charge in [0.15, 0.2) is 0 Å². The summed E-state index contributed by atoms with van der Waals surface area (Å²) in [5.41, 5.74) is 7.17. The number of benzene rings is 1. The highest BCUT2D eigenvalue weighted by atomic mass is 79.9. The van der Waals surface area contributed by atoms with Crippen LogP contribution in [0.25, 0.3) is 0 Å². The van der Waals surface area contributed by atoms with E-state index in [1.54, 1.807) is 0 Å². The first-order valence-corrected chi connectivity index (χ1v) is 7.64. The zero-order chi connectivity index (χ0) is 13.1. The molecule has 2 N–H and O–H groups in total. The van der Waals surface area contributed by atoms with Crippen LogP contribution in [0.3, 0.4) is 0 Å². The minimum atomic E-state index is 0.277. The van der Waals surface area contributed by atoms with Crippen molar-refractivity contribution in [3.63, 3.8) is 0 Å². The average Bonchev–Trinajstić information content (AvgIpc) is 2.29.